The van der Waals surface area contributed by atoms with Crippen LogP contribution >= 0.6 is 0 Å². The molecule has 0 spiro atoms. The van der Waals surface area contributed by atoms with Crippen LogP contribution in [0.5, 0.6) is 5.75 Å². The lowest BCUT2D eigenvalue weighted by Gasteiger charge is -2.19. The van der Waals surface area contributed by atoms with Crippen LogP contribution in [0.3, 0.4) is 0 Å². The standard InChI is InChI=1S/C18H24O2/c1-3-5-8-12-9-6-10-14-17-13(7-4-2)15(19)11-16(17)20-18(12)14/h4,6,9-10,13,15-17,19H,2-3,5,7-8,11H2,1H3/t13?,15-,16+,17+/m1/s1. The second kappa shape index (κ2) is 5.61. The fourth-order valence-electron chi connectivity index (χ4n) is 3.85. The Morgan fingerprint density at radius 3 is 3.05 bits per heavy atom. The molecule has 1 fully saturated rings. The Hall–Kier alpha value is -1.28. The largest absolute Gasteiger partial charge is 0.489 e. The molecule has 2 nitrogen and oxygen atoms in total. The highest BCUT2D eigenvalue weighted by Crippen LogP contribution is 2.52. The molecule has 4 atom stereocenters. The molecule has 1 unspecified atom stereocenters. The normalized spacial score (nSPS) is 30.7. The maximum atomic E-state index is 10.2. The average molecular weight is 272 g/mol. The highest BCUT2D eigenvalue weighted by Gasteiger charge is 2.49. The summed E-state index contributed by atoms with van der Waals surface area (Å²) in [5.74, 6) is 1.72. The zero-order valence-electron chi connectivity index (χ0n) is 12.2. The minimum Gasteiger partial charge on any atom is -0.489 e. The first kappa shape index (κ1) is 13.7. The van der Waals surface area contributed by atoms with Crippen molar-refractivity contribution in [3.8, 4) is 5.75 Å². The van der Waals surface area contributed by atoms with Gasteiger partial charge in [-0.3, -0.25) is 0 Å². The van der Waals surface area contributed by atoms with Crippen molar-refractivity contribution >= 4 is 0 Å². The van der Waals surface area contributed by atoms with Crippen LogP contribution in [0.1, 0.15) is 49.7 Å². The third-order valence-corrected chi connectivity index (χ3v) is 4.82. The predicted molar refractivity (Wildman–Crippen MR) is 81.1 cm³/mol. The van der Waals surface area contributed by atoms with Gasteiger partial charge in [0.1, 0.15) is 11.9 Å². The van der Waals surface area contributed by atoms with E-state index in [0.29, 0.717) is 5.92 Å². The smallest absolute Gasteiger partial charge is 0.126 e. The van der Waals surface area contributed by atoms with Crippen LogP contribution in [0.25, 0.3) is 0 Å². The van der Waals surface area contributed by atoms with Gasteiger partial charge in [0.25, 0.3) is 0 Å². The number of fused-ring (bicyclic) bond motifs is 3. The predicted octanol–water partition coefficient (Wildman–Crippen LogP) is 3.83. The Morgan fingerprint density at radius 2 is 2.30 bits per heavy atom. The SMILES string of the molecule is C=CCC1[C@H](O)C[C@@H]2Oc3c(CCCC)cccc3[C@H]12. The lowest BCUT2D eigenvalue weighted by atomic mass is 9.85. The van der Waals surface area contributed by atoms with Gasteiger partial charge in [0.15, 0.2) is 0 Å². The average Bonchev–Trinajstić information content (AvgIpc) is 2.94. The van der Waals surface area contributed by atoms with E-state index in [9.17, 15) is 5.11 Å². The first-order chi connectivity index (χ1) is 9.76. The van der Waals surface area contributed by atoms with Crippen molar-refractivity contribution in [2.24, 2.45) is 5.92 Å². The Labute approximate surface area is 121 Å². The van der Waals surface area contributed by atoms with Gasteiger partial charge in [0.2, 0.25) is 0 Å². The van der Waals surface area contributed by atoms with Crippen LogP contribution in [-0.2, 0) is 6.42 Å². The number of hydrogen-bond acceptors (Lipinski definition) is 2. The summed E-state index contributed by atoms with van der Waals surface area (Å²) < 4.78 is 6.21. The topological polar surface area (TPSA) is 29.5 Å². The molecule has 1 aromatic rings. The maximum absolute atomic E-state index is 10.2. The summed E-state index contributed by atoms with van der Waals surface area (Å²) in [5.41, 5.74) is 2.65. The lowest BCUT2D eigenvalue weighted by molar-refractivity contribution is 0.121. The fraction of sp³-hybridized carbons (Fsp3) is 0.556. The van der Waals surface area contributed by atoms with Crippen molar-refractivity contribution in [1.82, 2.24) is 0 Å². The molecule has 0 aromatic heterocycles. The van der Waals surface area contributed by atoms with Crippen LogP contribution in [0.4, 0.5) is 0 Å². The van der Waals surface area contributed by atoms with Crippen LogP contribution in [-0.4, -0.2) is 17.3 Å². The molecule has 1 aromatic carbocycles. The molecule has 0 amide bonds. The number of hydrogen-bond donors (Lipinski definition) is 1. The molecule has 2 heteroatoms. The number of unbranched alkanes of at least 4 members (excludes halogenated alkanes) is 1. The number of benzene rings is 1. The fourth-order valence-corrected chi connectivity index (χ4v) is 3.85. The van der Waals surface area contributed by atoms with Crippen LogP contribution in [0, 0.1) is 5.92 Å². The monoisotopic (exact) mass is 272 g/mol. The summed E-state index contributed by atoms with van der Waals surface area (Å²) in [6, 6.07) is 6.52. The maximum Gasteiger partial charge on any atom is 0.126 e. The lowest BCUT2D eigenvalue weighted by Crippen LogP contribution is -2.17. The molecule has 108 valence electrons. The van der Waals surface area contributed by atoms with Crippen molar-refractivity contribution in [2.75, 3.05) is 0 Å². The van der Waals surface area contributed by atoms with Crippen LogP contribution in [0.15, 0.2) is 30.9 Å². The molecule has 0 saturated heterocycles. The number of para-hydroxylation sites is 1. The summed E-state index contributed by atoms with van der Waals surface area (Å²) in [6.45, 7) is 6.05. The van der Waals surface area contributed by atoms with Gasteiger partial charge >= 0.3 is 0 Å². The first-order valence-electron chi connectivity index (χ1n) is 7.83. The van der Waals surface area contributed by atoms with Gasteiger partial charge in [-0.15, -0.1) is 6.58 Å². The van der Waals surface area contributed by atoms with E-state index in [4.69, 9.17) is 4.74 Å². The van der Waals surface area contributed by atoms with Crippen molar-refractivity contribution < 1.29 is 9.84 Å². The second-order valence-electron chi connectivity index (χ2n) is 6.11. The first-order valence-corrected chi connectivity index (χ1v) is 7.83. The van der Waals surface area contributed by atoms with Gasteiger partial charge in [-0.25, -0.2) is 0 Å². The van der Waals surface area contributed by atoms with E-state index < -0.39 is 0 Å². The van der Waals surface area contributed by atoms with Gasteiger partial charge in [-0.2, -0.15) is 0 Å². The number of aliphatic hydroxyl groups excluding tert-OH is 1. The Bertz CT molecular complexity index is 494. The van der Waals surface area contributed by atoms with E-state index in [1.54, 1.807) is 0 Å². The zero-order valence-corrected chi connectivity index (χ0v) is 12.2. The van der Waals surface area contributed by atoms with Gasteiger partial charge in [-0.1, -0.05) is 37.6 Å². The van der Waals surface area contributed by atoms with E-state index in [0.717, 1.165) is 25.0 Å². The zero-order chi connectivity index (χ0) is 14.1. The Balaban J connectivity index is 1.91. The third kappa shape index (κ3) is 2.16. The van der Waals surface area contributed by atoms with Crippen molar-refractivity contribution in [2.45, 2.75) is 57.2 Å². The van der Waals surface area contributed by atoms with Gasteiger partial charge in [-0.05, 0) is 30.7 Å². The Morgan fingerprint density at radius 1 is 1.45 bits per heavy atom. The molecule has 1 aliphatic carbocycles. The molecule has 1 aliphatic heterocycles. The molecule has 0 bridgehead atoms. The molecule has 3 rings (SSSR count). The summed E-state index contributed by atoms with van der Waals surface area (Å²) in [4.78, 5) is 0. The number of aryl methyl sites for hydroxylation is 1. The summed E-state index contributed by atoms with van der Waals surface area (Å²) in [7, 11) is 0. The molecular weight excluding hydrogens is 248 g/mol. The highest BCUT2D eigenvalue weighted by atomic mass is 16.5. The number of rotatable bonds is 5. The summed E-state index contributed by atoms with van der Waals surface area (Å²) >= 11 is 0. The quantitative estimate of drug-likeness (QED) is 0.825. The third-order valence-electron chi connectivity index (χ3n) is 4.82. The molecule has 20 heavy (non-hydrogen) atoms. The minimum atomic E-state index is -0.254. The van der Waals surface area contributed by atoms with Crippen molar-refractivity contribution in [1.29, 1.82) is 0 Å². The van der Waals surface area contributed by atoms with Crippen LogP contribution < -0.4 is 4.74 Å². The number of allylic oxidation sites excluding steroid dienone is 1. The molecule has 1 heterocycles. The molecule has 0 radical (unpaired) electrons. The van der Waals surface area contributed by atoms with Crippen molar-refractivity contribution in [3.05, 3.63) is 42.0 Å². The number of aliphatic hydroxyl groups is 1. The second-order valence-corrected chi connectivity index (χ2v) is 6.11. The van der Waals surface area contributed by atoms with E-state index in [2.05, 4.69) is 31.7 Å². The molecule has 1 N–H and O–H groups in total. The van der Waals surface area contributed by atoms with Gasteiger partial charge in [0.05, 0.1) is 6.10 Å². The van der Waals surface area contributed by atoms with Gasteiger partial charge in [0, 0.05) is 17.9 Å². The molecular formula is C18H24O2. The number of ether oxygens (including phenoxy) is 1. The molecule has 2 aliphatic rings. The van der Waals surface area contributed by atoms with E-state index in [1.165, 1.54) is 24.0 Å². The Kier molecular flexibility index (Phi) is 3.84. The van der Waals surface area contributed by atoms with E-state index >= 15 is 0 Å². The van der Waals surface area contributed by atoms with E-state index in [1.807, 2.05) is 6.08 Å². The van der Waals surface area contributed by atoms with E-state index in [-0.39, 0.29) is 18.1 Å². The van der Waals surface area contributed by atoms with Crippen molar-refractivity contribution in [3.63, 3.8) is 0 Å². The highest BCUT2D eigenvalue weighted by molar-refractivity contribution is 5.49. The van der Waals surface area contributed by atoms with Crippen LogP contribution in [0.2, 0.25) is 0 Å². The summed E-state index contributed by atoms with van der Waals surface area (Å²) in [5, 5.41) is 10.2. The van der Waals surface area contributed by atoms with Gasteiger partial charge < -0.3 is 9.84 Å². The molecule has 1 saturated carbocycles. The summed E-state index contributed by atoms with van der Waals surface area (Å²) in [6.07, 6.45) is 6.95. The minimum absolute atomic E-state index is 0.160.